The van der Waals surface area contributed by atoms with E-state index in [1.807, 2.05) is 0 Å². The molecule has 2 atom stereocenters. The van der Waals surface area contributed by atoms with Crippen LogP contribution in [-0.4, -0.2) is 30.8 Å². The van der Waals surface area contributed by atoms with Crippen molar-refractivity contribution in [2.75, 3.05) is 7.11 Å². The lowest BCUT2D eigenvalue weighted by Crippen LogP contribution is -2.54. The molecule has 2 unspecified atom stereocenters. The van der Waals surface area contributed by atoms with Crippen LogP contribution in [-0.2, 0) is 14.3 Å². The van der Waals surface area contributed by atoms with Gasteiger partial charge < -0.3 is 15.2 Å². The van der Waals surface area contributed by atoms with E-state index in [4.69, 9.17) is 15.2 Å². The molecule has 2 N–H and O–H groups in total. The lowest BCUT2D eigenvalue weighted by atomic mass is 9.80. The zero-order valence-corrected chi connectivity index (χ0v) is 9.91. The summed E-state index contributed by atoms with van der Waals surface area (Å²) in [5.41, 5.74) is 5.27. The summed E-state index contributed by atoms with van der Waals surface area (Å²) >= 11 is 0. The maximum Gasteiger partial charge on any atom is 0.325 e. The maximum absolute atomic E-state index is 11.6. The van der Waals surface area contributed by atoms with Crippen molar-refractivity contribution in [3.8, 4) is 0 Å². The number of hydrogen-bond acceptors (Lipinski definition) is 4. The van der Waals surface area contributed by atoms with Gasteiger partial charge in [-0.2, -0.15) is 0 Å². The standard InChI is InChI=1S/C12H21NO3/c1-15-11(14)12(13)7-3-6-10(8-12)16-9-4-2-5-9/h9-10H,2-8,13H2,1H3. The Morgan fingerprint density at radius 1 is 1.25 bits per heavy atom. The number of rotatable bonds is 3. The minimum Gasteiger partial charge on any atom is -0.468 e. The van der Waals surface area contributed by atoms with Crippen LogP contribution >= 0.6 is 0 Å². The van der Waals surface area contributed by atoms with Crippen LogP contribution in [0.1, 0.15) is 44.9 Å². The van der Waals surface area contributed by atoms with Gasteiger partial charge in [0, 0.05) is 6.42 Å². The second-order valence-electron chi connectivity index (χ2n) is 5.06. The van der Waals surface area contributed by atoms with Crippen molar-refractivity contribution in [3.05, 3.63) is 0 Å². The third-order valence-electron chi connectivity index (χ3n) is 3.77. The number of methoxy groups -OCH3 is 1. The second-order valence-corrected chi connectivity index (χ2v) is 5.06. The molecule has 4 nitrogen and oxygen atoms in total. The molecule has 0 aromatic carbocycles. The molecule has 0 aromatic heterocycles. The third-order valence-corrected chi connectivity index (χ3v) is 3.77. The molecule has 16 heavy (non-hydrogen) atoms. The lowest BCUT2D eigenvalue weighted by molar-refractivity contribution is -0.152. The summed E-state index contributed by atoms with van der Waals surface area (Å²) < 4.78 is 10.7. The molecule has 2 fully saturated rings. The van der Waals surface area contributed by atoms with Crippen LogP contribution in [0.25, 0.3) is 0 Å². The van der Waals surface area contributed by atoms with Crippen LogP contribution in [0.15, 0.2) is 0 Å². The number of nitrogens with two attached hydrogens (primary N) is 1. The Bertz CT molecular complexity index is 265. The first kappa shape index (κ1) is 11.9. The summed E-state index contributed by atoms with van der Waals surface area (Å²) in [7, 11) is 1.40. The first-order valence-corrected chi connectivity index (χ1v) is 6.17. The molecule has 0 radical (unpaired) electrons. The number of esters is 1. The van der Waals surface area contributed by atoms with Crippen molar-refractivity contribution in [3.63, 3.8) is 0 Å². The smallest absolute Gasteiger partial charge is 0.325 e. The van der Waals surface area contributed by atoms with Crippen LogP contribution in [0, 0.1) is 0 Å². The maximum atomic E-state index is 11.6. The van der Waals surface area contributed by atoms with E-state index in [1.165, 1.54) is 13.5 Å². The Morgan fingerprint density at radius 2 is 1.94 bits per heavy atom. The minimum atomic E-state index is -0.818. The quantitative estimate of drug-likeness (QED) is 0.740. The van der Waals surface area contributed by atoms with Crippen molar-refractivity contribution in [1.29, 1.82) is 0 Å². The summed E-state index contributed by atoms with van der Waals surface area (Å²) in [5.74, 6) is -0.297. The lowest BCUT2D eigenvalue weighted by Gasteiger charge is -2.38. The van der Waals surface area contributed by atoms with Gasteiger partial charge in [0.2, 0.25) is 0 Å². The van der Waals surface area contributed by atoms with E-state index in [9.17, 15) is 4.79 Å². The van der Waals surface area contributed by atoms with Gasteiger partial charge in [-0.25, -0.2) is 0 Å². The van der Waals surface area contributed by atoms with E-state index in [2.05, 4.69) is 0 Å². The van der Waals surface area contributed by atoms with Crippen LogP contribution in [0.5, 0.6) is 0 Å². The molecule has 0 bridgehead atoms. The highest BCUT2D eigenvalue weighted by Gasteiger charge is 2.41. The molecule has 0 spiro atoms. The molecule has 92 valence electrons. The number of ether oxygens (including phenoxy) is 2. The number of carbonyl (C=O) groups excluding carboxylic acids is 1. The van der Waals surface area contributed by atoms with Gasteiger partial charge in [-0.1, -0.05) is 0 Å². The molecule has 0 saturated heterocycles. The van der Waals surface area contributed by atoms with Crippen LogP contribution in [0.2, 0.25) is 0 Å². The van der Waals surface area contributed by atoms with E-state index >= 15 is 0 Å². The van der Waals surface area contributed by atoms with Gasteiger partial charge in [0.05, 0.1) is 19.3 Å². The fourth-order valence-electron chi connectivity index (χ4n) is 2.54. The first-order chi connectivity index (χ1) is 7.64. The van der Waals surface area contributed by atoms with E-state index in [-0.39, 0.29) is 12.1 Å². The molecular formula is C12H21NO3. The third kappa shape index (κ3) is 2.38. The fourth-order valence-corrected chi connectivity index (χ4v) is 2.54. The van der Waals surface area contributed by atoms with Crippen LogP contribution in [0.3, 0.4) is 0 Å². The highest BCUT2D eigenvalue weighted by Crippen LogP contribution is 2.33. The van der Waals surface area contributed by atoms with Gasteiger partial charge in [0.25, 0.3) is 0 Å². The van der Waals surface area contributed by atoms with Crippen molar-refractivity contribution in [1.82, 2.24) is 0 Å². The summed E-state index contributed by atoms with van der Waals surface area (Å²) in [4.78, 5) is 11.6. The predicted octanol–water partition coefficient (Wildman–Crippen LogP) is 1.37. The Labute approximate surface area is 96.5 Å². The zero-order valence-electron chi connectivity index (χ0n) is 9.91. The highest BCUT2D eigenvalue weighted by atomic mass is 16.5. The van der Waals surface area contributed by atoms with E-state index < -0.39 is 5.54 Å². The Balaban J connectivity index is 1.89. The van der Waals surface area contributed by atoms with E-state index in [0.29, 0.717) is 18.9 Å². The van der Waals surface area contributed by atoms with Gasteiger partial charge in [0.15, 0.2) is 0 Å². The Morgan fingerprint density at radius 3 is 2.50 bits per heavy atom. The summed E-state index contributed by atoms with van der Waals surface area (Å²) in [6, 6.07) is 0. The molecule has 0 aliphatic heterocycles. The van der Waals surface area contributed by atoms with Crippen LogP contribution in [0.4, 0.5) is 0 Å². The average molecular weight is 227 g/mol. The molecule has 0 amide bonds. The van der Waals surface area contributed by atoms with Gasteiger partial charge in [0.1, 0.15) is 5.54 Å². The first-order valence-electron chi connectivity index (χ1n) is 6.17. The van der Waals surface area contributed by atoms with Crippen molar-refractivity contribution in [2.45, 2.75) is 62.7 Å². The largest absolute Gasteiger partial charge is 0.468 e. The molecule has 2 saturated carbocycles. The summed E-state index contributed by atoms with van der Waals surface area (Å²) in [5, 5.41) is 0. The minimum absolute atomic E-state index is 0.142. The second kappa shape index (κ2) is 4.72. The fraction of sp³-hybridized carbons (Fsp3) is 0.917. The predicted molar refractivity (Wildman–Crippen MR) is 59.9 cm³/mol. The molecule has 2 aliphatic carbocycles. The van der Waals surface area contributed by atoms with E-state index in [0.717, 1.165) is 25.7 Å². The Hall–Kier alpha value is -0.610. The monoisotopic (exact) mass is 227 g/mol. The van der Waals surface area contributed by atoms with Crippen molar-refractivity contribution >= 4 is 5.97 Å². The molecule has 2 rings (SSSR count). The average Bonchev–Trinajstić information content (AvgIpc) is 2.22. The summed E-state index contributed by atoms with van der Waals surface area (Å²) in [6.45, 7) is 0. The number of hydrogen-bond donors (Lipinski definition) is 1. The molecular weight excluding hydrogens is 206 g/mol. The van der Waals surface area contributed by atoms with Gasteiger partial charge in [-0.15, -0.1) is 0 Å². The molecule has 2 aliphatic rings. The molecule has 0 aromatic rings. The van der Waals surface area contributed by atoms with E-state index in [1.54, 1.807) is 0 Å². The van der Waals surface area contributed by atoms with Gasteiger partial charge in [-0.05, 0) is 38.5 Å². The SMILES string of the molecule is COC(=O)C1(N)CCCC(OC2CCC2)C1. The topological polar surface area (TPSA) is 61.5 Å². The van der Waals surface area contributed by atoms with Gasteiger partial charge in [-0.3, -0.25) is 4.79 Å². The summed E-state index contributed by atoms with van der Waals surface area (Å²) in [6.07, 6.45) is 7.42. The number of carbonyl (C=O) groups is 1. The normalized spacial score (nSPS) is 35.5. The van der Waals surface area contributed by atoms with Gasteiger partial charge >= 0.3 is 5.97 Å². The van der Waals surface area contributed by atoms with Crippen molar-refractivity contribution < 1.29 is 14.3 Å². The molecule has 0 heterocycles. The molecule has 4 heteroatoms. The van der Waals surface area contributed by atoms with Crippen LogP contribution < -0.4 is 5.73 Å². The Kier molecular flexibility index (Phi) is 3.50. The van der Waals surface area contributed by atoms with Crippen molar-refractivity contribution in [2.24, 2.45) is 5.73 Å². The zero-order chi connectivity index (χ0) is 11.6. The highest BCUT2D eigenvalue weighted by molar-refractivity contribution is 5.80.